The van der Waals surface area contributed by atoms with Crippen molar-refractivity contribution in [1.82, 2.24) is 0 Å². The second-order valence-electron chi connectivity index (χ2n) is 4.73. The first-order valence-corrected chi connectivity index (χ1v) is 6.44. The van der Waals surface area contributed by atoms with Gasteiger partial charge in [0.2, 0.25) is 0 Å². The van der Waals surface area contributed by atoms with Crippen LogP contribution in [-0.4, -0.2) is 5.97 Å². The fourth-order valence-electron chi connectivity index (χ4n) is 1.93. The smallest absolute Gasteiger partial charge is 0.313 e. The number of hydrogen-bond donors (Lipinski definition) is 0. The molecule has 0 aromatic heterocycles. The van der Waals surface area contributed by atoms with Crippen LogP contribution in [-0.2, 0) is 16.1 Å². The lowest BCUT2D eigenvalue weighted by Crippen LogP contribution is -2.13. The quantitative estimate of drug-likeness (QED) is 0.775. The van der Waals surface area contributed by atoms with E-state index in [0.29, 0.717) is 6.61 Å². The van der Waals surface area contributed by atoms with Gasteiger partial charge in [0, 0.05) is 0 Å². The van der Waals surface area contributed by atoms with Crippen molar-refractivity contribution in [1.29, 1.82) is 0 Å². The highest BCUT2D eigenvalue weighted by Crippen LogP contribution is 2.18. The molecule has 0 bridgehead atoms. The van der Waals surface area contributed by atoms with Crippen LogP contribution in [0.1, 0.15) is 29.5 Å². The number of hydrogen-bond acceptors (Lipinski definition) is 2. The van der Waals surface area contributed by atoms with Crippen LogP contribution in [0.25, 0.3) is 0 Å². The van der Waals surface area contributed by atoms with E-state index in [9.17, 15) is 4.79 Å². The predicted molar refractivity (Wildman–Crippen MR) is 75.8 cm³/mol. The lowest BCUT2D eigenvalue weighted by molar-refractivity contribution is -0.146. The minimum atomic E-state index is -0.233. The van der Waals surface area contributed by atoms with Crippen molar-refractivity contribution < 1.29 is 9.53 Å². The zero-order valence-corrected chi connectivity index (χ0v) is 11.3. The fourth-order valence-corrected chi connectivity index (χ4v) is 1.93. The second kappa shape index (κ2) is 6.19. The maximum atomic E-state index is 12.0. The maximum absolute atomic E-state index is 12.0. The summed E-state index contributed by atoms with van der Waals surface area (Å²) in [6.45, 7) is 4.23. The highest BCUT2D eigenvalue weighted by atomic mass is 16.5. The van der Waals surface area contributed by atoms with Gasteiger partial charge in [-0.25, -0.2) is 0 Å². The van der Waals surface area contributed by atoms with Crippen molar-refractivity contribution in [2.45, 2.75) is 26.4 Å². The number of ether oxygens (including phenoxy) is 1. The largest absolute Gasteiger partial charge is 0.460 e. The Morgan fingerprint density at radius 2 is 1.84 bits per heavy atom. The Morgan fingerprint density at radius 3 is 2.53 bits per heavy atom. The minimum absolute atomic E-state index is 0.186. The molecule has 19 heavy (non-hydrogen) atoms. The number of carbonyl (C=O) groups excluding carboxylic acids is 1. The number of carbonyl (C=O) groups is 1. The lowest BCUT2D eigenvalue weighted by Gasteiger charge is -2.12. The normalized spacial score (nSPS) is 11.9. The summed E-state index contributed by atoms with van der Waals surface area (Å²) >= 11 is 0. The summed E-state index contributed by atoms with van der Waals surface area (Å²) in [5.74, 6) is -0.418. The van der Waals surface area contributed by atoms with Gasteiger partial charge in [0.25, 0.3) is 0 Å². The van der Waals surface area contributed by atoms with E-state index in [2.05, 4.69) is 0 Å². The van der Waals surface area contributed by atoms with E-state index >= 15 is 0 Å². The van der Waals surface area contributed by atoms with Gasteiger partial charge in [-0.1, -0.05) is 60.2 Å². The van der Waals surface area contributed by atoms with E-state index in [4.69, 9.17) is 4.74 Å². The van der Waals surface area contributed by atoms with Crippen molar-refractivity contribution in [3.63, 3.8) is 0 Å². The lowest BCUT2D eigenvalue weighted by atomic mass is 10.00. The van der Waals surface area contributed by atoms with Crippen LogP contribution < -0.4 is 0 Å². The zero-order chi connectivity index (χ0) is 13.7. The molecule has 1 unspecified atom stereocenters. The average molecular weight is 254 g/mol. The Morgan fingerprint density at radius 1 is 1.11 bits per heavy atom. The topological polar surface area (TPSA) is 26.3 Å². The standard InChI is InChI=1S/C17H18O2/c1-13-7-6-10-16(11-13)14(2)17(18)19-12-15-8-4-3-5-9-15/h3-11,14H,12H2,1-2H3. The molecular formula is C17H18O2. The molecule has 2 nitrogen and oxygen atoms in total. The van der Waals surface area contributed by atoms with Gasteiger partial charge < -0.3 is 4.74 Å². The van der Waals surface area contributed by atoms with E-state index in [-0.39, 0.29) is 11.9 Å². The molecule has 0 aliphatic heterocycles. The van der Waals surface area contributed by atoms with E-state index in [1.54, 1.807) is 0 Å². The van der Waals surface area contributed by atoms with E-state index < -0.39 is 0 Å². The zero-order valence-electron chi connectivity index (χ0n) is 11.3. The number of benzene rings is 2. The van der Waals surface area contributed by atoms with Gasteiger partial charge in [0.1, 0.15) is 6.61 Å². The van der Waals surface area contributed by atoms with Crippen molar-refractivity contribution in [2.24, 2.45) is 0 Å². The molecule has 2 aromatic rings. The van der Waals surface area contributed by atoms with E-state index in [1.807, 2.05) is 68.4 Å². The van der Waals surface area contributed by atoms with Gasteiger partial charge in [-0.15, -0.1) is 0 Å². The van der Waals surface area contributed by atoms with Gasteiger partial charge in [-0.3, -0.25) is 4.79 Å². The molecule has 0 aliphatic rings. The Labute approximate surface area is 114 Å². The monoisotopic (exact) mass is 254 g/mol. The van der Waals surface area contributed by atoms with Gasteiger partial charge in [0.15, 0.2) is 0 Å². The van der Waals surface area contributed by atoms with Crippen LogP contribution in [0.15, 0.2) is 54.6 Å². The maximum Gasteiger partial charge on any atom is 0.313 e. The summed E-state index contributed by atoms with van der Waals surface area (Å²) in [6, 6.07) is 17.7. The van der Waals surface area contributed by atoms with Crippen LogP contribution in [0.4, 0.5) is 0 Å². The van der Waals surface area contributed by atoms with Gasteiger partial charge in [0.05, 0.1) is 5.92 Å². The average Bonchev–Trinajstić information content (AvgIpc) is 2.45. The van der Waals surface area contributed by atoms with Crippen molar-refractivity contribution in [2.75, 3.05) is 0 Å². The number of rotatable bonds is 4. The molecule has 0 fully saturated rings. The fraction of sp³-hybridized carbons (Fsp3) is 0.235. The molecule has 0 aliphatic carbocycles. The molecule has 0 N–H and O–H groups in total. The first kappa shape index (κ1) is 13.3. The van der Waals surface area contributed by atoms with Gasteiger partial charge >= 0.3 is 5.97 Å². The molecule has 2 heteroatoms. The molecule has 0 saturated heterocycles. The highest BCUT2D eigenvalue weighted by Gasteiger charge is 2.16. The molecule has 0 heterocycles. The van der Waals surface area contributed by atoms with Crippen LogP contribution in [0, 0.1) is 6.92 Å². The summed E-state index contributed by atoms with van der Waals surface area (Å²) in [5, 5.41) is 0. The van der Waals surface area contributed by atoms with E-state index in [1.165, 1.54) is 0 Å². The SMILES string of the molecule is Cc1cccc(C(C)C(=O)OCc2ccccc2)c1. The molecule has 2 rings (SSSR count). The summed E-state index contributed by atoms with van der Waals surface area (Å²) < 4.78 is 5.35. The molecule has 1 atom stereocenters. The second-order valence-corrected chi connectivity index (χ2v) is 4.73. The Balaban J connectivity index is 1.96. The third-order valence-corrected chi connectivity index (χ3v) is 3.12. The molecule has 98 valence electrons. The van der Waals surface area contributed by atoms with Crippen molar-refractivity contribution in [3.05, 3.63) is 71.3 Å². The number of aryl methyl sites for hydroxylation is 1. The van der Waals surface area contributed by atoms with Gasteiger partial charge in [-0.05, 0) is 25.0 Å². The van der Waals surface area contributed by atoms with Crippen LogP contribution in [0.5, 0.6) is 0 Å². The third kappa shape index (κ3) is 3.68. The van der Waals surface area contributed by atoms with Crippen LogP contribution >= 0.6 is 0 Å². The first-order valence-electron chi connectivity index (χ1n) is 6.44. The van der Waals surface area contributed by atoms with Crippen LogP contribution in [0.3, 0.4) is 0 Å². The Bertz CT molecular complexity index is 546. The molecule has 0 spiro atoms. The van der Waals surface area contributed by atoms with Crippen LogP contribution in [0.2, 0.25) is 0 Å². The summed E-state index contributed by atoms with van der Waals surface area (Å²) in [7, 11) is 0. The molecule has 2 aromatic carbocycles. The number of esters is 1. The Hall–Kier alpha value is -2.09. The summed E-state index contributed by atoms with van der Waals surface area (Å²) in [5.41, 5.74) is 3.16. The predicted octanol–water partition coefficient (Wildman–Crippen LogP) is 3.84. The summed E-state index contributed by atoms with van der Waals surface area (Å²) in [4.78, 5) is 12.0. The minimum Gasteiger partial charge on any atom is -0.460 e. The summed E-state index contributed by atoms with van der Waals surface area (Å²) in [6.07, 6.45) is 0. The first-order chi connectivity index (χ1) is 9.16. The Kier molecular flexibility index (Phi) is 4.35. The highest BCUT2D eigenvalue weighted by molar-refractivity contribution is 5.77. The van der Waals surface area contributed by atoms with Crippen molar-refractivity contribution >= 4 is 5.97 Å². The third-order valence-electron chi connectivity index (χ3n) is 3.12. The van der Waals surface area contributed by atoms with Crippen molar-refractivity contribution in [3.8, 4) is 0 Å². The van der Waals surface area contributed by atoms with Gasteiger partial charge in [-0.2, -0.15) is 0 Å². The molecule has 0 radical (unpaired) electrons. The molecular weight excluding hydrogens is 236 g/mol. The molecule has 0 saturated carbocycles. The molecule has 0 amide bonds. The van der Waals surface area contributed by atoms with E-state index in [0.717, 1.165) is 16.7 Å².